The van der Waals surface area contributed by atoms with E-state index in [9.17, 15) is 0 Å². The predicted molar refractivity (Wildman–Crippen MR) is 74.3 cm³/mol. The molecule has 2 heterocycles. The van der Waals surface area contributed by atoms with Crippen molar-refractivity contribution in [2.24, 2.45) is 0 Å². The van der Waals surface area contributed by atoms with Gasteiger partial charge in [-0.15, -0.1) is 0 Å². The van der Waals surface area contributed by atoms with E-state index < -0.39 is 0 Å². The largest absolute Gasteiger partial charge is 0.374 e. The third-order valence-electron chi connectivity index (χ3n) is 3.67. The van der Waals surface area contributed by atoms with Gasteiger partial charge < -0.3 is 18.9 Å². The Balaban J connectivity index is 1.26. The van der Waals surface area contributed by atoms with E-state index in [1.54, 1.807) is 0 Å². The molecular formula is C16H22O4. The standard InChI is InChI=1S/C16H22O4/c1-2-6-13(7-3-1)10-17-11-14-15(20-14)12-19-16-8-4-5-9-18-16/h1-3,6-7,14-16H,4-5,8-12H2/t14-,15-,16?/m0/s1. The Bertz CT molecular complexity index is 389. The lowest BCUT2D eigenvalue weighted by Gasteiger charge is -2.22. The molecule has 3 rings (SSSR count). The summed E-state index contributed by atoms with van der Waals surface area (Å²) in [6.45, 7) is 2.71. The highest BCUT2D eigenvalue weighted by molar-refractivity contribution is 5.13. The molecule has 1 unspecified atom stereocenters. The first kappa shape index (κ1) is 14.0. The van der Waals surface area contributed by atoms with Crippen LogP contribution in [0, 0.1) is 0 Å². The zero-order valence-corrected chi connectivity index (χ0v) is 11.7. The number of benzene rings is 1. The second kappa shape index (κ2) is 7.18. The van der Waals surface area contributed by atoms with Gasteiger partial charge >= 0.3 is 0 Å². The van der Waals surface area contributed by atoms with Crippen molar-refractivity contribution in [2.45, 2.75) is 44.4 Å². The van der Waals surface area contributed by atoms with Gasteiger partial charge in [-0.3, -0.25) is 0 Å². The molecular weight excluding hydrogens is 256 g/mol. The van der Waals surface area contributed by atoms with Gasteiger partial charge in [0.05, 0.1) is 19.8 Å². The number of ether oxygens (including phenoxy) is 4. The Morgan fingerprint density at radius 1 is 1.05 bits per heavy atom. The molecule has 4 nitrogen and oxygen atoms in total. The summed E-state index contributed by atoms with van der Waals surface area (Å²) in [4.78, 5) is 0. The molecule has 110 valence electrons. The summed E-state index contributed by atoms with van der Waals surface area (Å²) in [6.07, 6.45) is 3.68. The zero-order chi connectivity index (χ0) is 13.6. The van der Waals surface area contributed by atoms with Crippen molar-refractivity contribution >= 4 is 0 Å². The van der Waals surface area contributed by atoms with Gasteiger partial charge in [0.15, 0.2) is 6.29 Å². The van der Waals surface area contributed by atoms with Gasteiger partial charge in [0.25, 0.3) is 0 Å². The van der Waals surface area contributed by atoms with Gasteiger partial charge in [-0.25, -0.2) is 0 Å². The molecule has 1 aromatic carbocycles. The topological polar surface area (TPSA) is 40.2 Å². The normalized spacial score (nSPS) is 29.3. The minimum atomic E-state index is -0.0289. The summed E-state index contributed by atoms with van der Waals surface area (Å²) < 4.78 is 22.4. The van der Waals surface area contributed by atoms with Crippen LogP contribution in [-0.2, 0) is 25.6 Å². The maximum atomic E-state index is 5.70. The zero-order valence-electron chi connectivity index (χ0n) is 11.7. The van der Waals surface area contributed by atoms with E-state index >= 15 is 0 Å². The van der Waals surface area contributed by atoms with Crippen LogP contribution >= 0.6 is 0 Å². The summed E-state index contributed by atoms with van der Waals surface area (Å²) >= 11 is 0. The Kier molecular flexibility index (Phi) is 5.03. The van der Waals surface area contributed by atoms with Crippen LogP contribution in [0.5, 0.6) is 0 Å². The van der Waals surface area contributed by atoms with Crippen LogP contribution in [0.2, 0.25) is 0 Å². The van der Waals surface area contributed by atoms with Crippen molar-refractivity contribution in [3.63, 3.8) is 0 Å². The fourth-order valence-corrected chi connectivity index (χ4v) is 2.38. The molecule has 0 radical (unpaired) electrons. The molecule has 1 aromatic rings. The molecule has 0 bridgehead atoms. The predicted octanol–water partition coefficient (Wildman–Crippen LogP) is 2.51. The van der Waals surface area contributed by atoms with Gasteiger partial charge in [0.2, 0.25) is 0 Å². The fraction of sp³-hybridized carbons (Fsp3) is 0.625. The van der Waals surface area contributed by atoms with Crippen molar-refractivity contribution in [1.82, 2.24) is 0 Å². The molecule has 2 aliphatic heterocycles. The van der Waals surface area contributed by atoms with E-state index in [0.717, 1.165) is 19.4 Å². The van der Waals surface area contributed by atoms with E-state index in [2.05, 4.69) is 12.1 Å². The number of hydrogen-bond acceptors (Lipinski definition) is 4. The lowest BCUT2D eigenvalue weighted by Crippen LogP contribution is -2.24. The second-order valence-electron chi connectivity index (χ2n) is 5.34. The molecule has 4 heteroatoms. The van der Waals surface area contributed by atoms with E-state index in [0.29, 0.717) is 19.8 Å². The Morgan fingerprint density at radius 3 is 2.70 bits per heavy atom. The van der Waals surface area contributed by atoms with E-state index in [1.165, 1.54) is 12.0 Å². The van der Waals surface area contributed by atoms with Crippen LogP contribution in [0.4, 0.5) is 0 Å². The molecule has 0 saturated carbocycles. The summed E-state index contributed by atoms with van der Waals surface area (Å²) in [7, 11) is 0. The van der Waals surface area contributed by atoms with E-state index in [1.807, 2.05) is 18.2 Å². The minimum Gasteiger partial charge on any atom is -0.374 e. The minimum absolute atomic E-state index is 0.0289. The third kappa shape index (κ3) is 4.28. The molecule has 20 heavy (non-hydrogen) atoms. The van der Waals surface area contributed by atoms with Gasteiger partial charge in [0.1, 0.15) is 12.2 Å². The lowest BCUT2D eigenvalue weighted by atomic mass is 10.2. The van der Waals surface area contributed by atoms with Crippen molar-refractivity contribution in [2.75, 3.05) is 19.8 Å². The molecule has 2 fully saturated rings. The monoisotopic (exact) mass is 278 g/mol. The summed E-state index contributed by atoms with van der Waals surface area (Å²) in [5, 5.41) is 0. The average Bonchev–Trinajstić information content (AvgIpc) is 3.26. The van der Waals surface area contributed by atoms with Crippen molar-refractivity contribution in [1.29, 1.82) is 0 Å². The van der Waals surface area contributed by atoms with Gasteiger partial charge in [-0.1, -0.05) is 30.3 Å². The van der Waals surface area contributed by atoms with Crippen LogP contribution in [0.3, 0.4) is 0 Å². The van der Waals surface area contributed by atoms with Crippen molar-refractivity contribution < 1.29 is 18.9 Å². The maximum absolute atomic E-state index is 5.70. The first-order chi connectivity index (χ1) is 9.92. The molecule has 0 amide bonds. The molecule has 0 aliphatic carbocycles. The highest BCUT2D eigenvalue weighted by Crippen LogP contribution is 2.24. The average molecular weight is 278 g/mol. The number of epoxide rings is 1. The van der Waals surface area contributed by atoms with Gasteiger partial charge in [-0.05, 0) is 24.8 Å². The molecule has 0 N–H and O–H groups in total. The van der Waals surface area contributed by atoms with E-state index in [4.69, 9.17) is 18.9 Å². The fourth-order valence-electron chi connectivity index (χ4n) is 2.38. The Labute approximate surface area is 120 Å². The lowest BCUT2D eigenvalue weighted by molar-refractivity contribution is -0.164. The third-order valence-corrected chi connectivity index (χ3v) is 3.67. The molecule has 0 spiro atoms. The van der Waals surface area contributed by atoms with Crippen LogP contribution < -0.4 is 0 Å². The van der Waals surface area contributed by atoms with Crippen LogP contribution in [0.15, 0.2) is 30.3 Å². The summed E-state index contributed by atoms with van der Waals surface area (Å²) in [6, 6.07) is 10.2. The van der Waals surface area contributed by atoms with E-state index in [-0.39, 0.29) is 18.5 Å². The van der Waals surface area contributed by atoms with Crippen LogP contribution in [0.25, 0.3) is 0 Å². The van der Waals surface area contributed by atoms with Gasteiger partial charge in [-0.2, -0.15) is 0 Å². The van der Waals surface area contributed by atoms with Crippen LogP contribution in [-0.4, -0.2) is 38.3 Å². The summed E-state index contributed by atoms with van der Waals surface area (Å²) in [5.41, 5.74) is 1.19. The smallest absolute Gasteiger partial charge is 0.157 e. The molecule has 2 aliphatic rings. The number of hydrogen-bond donors (Lipinski definition) is 0. The first-order valence-electron chi connectivity index (χ1n) is 7.42. The maximum Gasteiger partial charge on any atom is 0.157 e. The van der Waals surface area contributed by atoms with Crippen molar-refractivity contribution in [3.05, 3.63) is 35.9 Å². The highest BCUT2D eigenvalue weighted by atomic mass is 16.7. The van der Waals surface area contributed by atoms with Crippen LogP contribution in [0.1, 0.15) is 24.8 Å². The quantitative estimate of drug-likeness (QED) is 0.719. The Hall–Kier alpha value is -0.940. The SMILES string of the molecule is c1ccc(COC[C@@H]2O[C@H]2COC2CCCCO2)cc1. The Morgan fingerprint density at radius 2 is 1.90 bits per heavy atom. The molecule has 2 saturated heterocycles. The molecule has 0 aromatic heterocycles. The first-order valence-corrected chi connectivity index (χ1v) is 7.42. The van der Waals surface area contributed by atoms with Gasteiger partial charge in [0, 0.05) is 6.61 Å². The second-order valence-corrected chi connectivity index (χ2v) is 5.34. The highest BCUT2D eigenvalue weighted by Gasteiger charge is 2.39. The van der Waals surface area contributed by atoms with Crippen molar-refractivity contribution in [3.8, 4) is 0 Å². The number of rotatable bonds is 7. The molecule has 3 atom stereocenters. The summed E-state index contributed by atoms with van der Waals surface area (Å²) in [5.74, 6) is 0.